The standard InChI is InChI=1S/C27H31N5O7/c1-18-13-26(36)39-22-14-20(4-5-21(18)22)38-12-11-29-9-10-32(25(35)16-29)19-3-2-7-30(15-19)24(34)17-31-8-6-23(33)28-27(31)37/h4-6,8,13-14,19H,2-3,7,9-12,15-17H2,1H3,(H,28,33,37). The first-order chi connectivity index (χ1) is 18.8. The minimum absolute atomic E-state index is 0.0142. The number of piperidine rings is 1. The van der Waals surface area contributed by atoms with Crippen LogP contribution >= 0.6 is 0 Å². The SMILES string of the molecule is Cc1cc(=O)oc2cc(OCCN3CCN(C4CCCN(C(=O)Cn5ccc(=O)[nH]c5=O)C4)C(=O)C3)ccc12. The van der Waals surface area contributed by atoms with Crippen LogP contribution in [0.4, 0.5) is 0 Å². The van der Waals surface area contributed by atoms with Crippen LogP contribution in [0.15, 0.2) is 55.3 Å². The highest BCUT2D eigenvalue weighted by Crippen LogP contribution is 2.23. The number of carbonyl (C=O) groups excluding carboxylic acids is 2. The molecule has 2 fully saturated rings. The Labute approximate surface area is 223 Å². The van der Waals surface area contributed by atoms with Crippen LogP contribution in [0.25, 0.3) is 11.0 Å². The number of amides is 2. The molecule has 2 amide bonds. The zero-order valence-electron chi connectivity index (χ0n) is 21.8. The van der Waals surface area contributed by atoms with Crippen molar-refractivity contribution in [2.45, 2.75) is 32.4 Å². The summed E-state index contributed by atoms with van der Waals surface area (Å²) in [5.41, 5.74) is -0.208. The maximum atomic E-state index is 13.0. The number of piperazine rings is 1. The molecule has 2 aromatic heterocycles. The molecule has 206 valence electrons. The third-order valence-corrected chi connectivity index (χ3v) is 7.33. The molecule has 0 saturated carbocycles. The van der Waals surface area contributed by atoms with Crippen LogP contribution in [0, 0.1) is 6.92 Å². The Kier molecular flexibility index (Phi) is 7.64. The molecule has 39 heavy (non-hydrogen) atoms. The van der Waals surface area contributed by atoms with Crippen molar-refractivity contribution in [3.63, 3.8) is 0 Å². The second-order valence-corrected chi connectivity index (χ2v) is 9.99. The molecule has 1 atom stereocenters. The van der Waals surface area contributed by atoms with E-state index in [-0.39, 0.29) is 30.9 Å². The second-order valence-electron chi connectivity index (χ2n) is 9.99. The number of ether oxygens (including phenoxy) is 1. The summed E-state index contributed by atoms with van der Waals surface area (Å²) in [6.45, 7) is 5.16. The summed E-state index contributed by atoms with van der Waals surface area (Å²) in [6, 6.07) is 8.00. The summed E-state index contributed by atoms with van der Waals surface area (Å²) < 4.78 is 12.3. The van der Waals surface area contributed by atoms with Gasteiger partial charge < -0.3 is 19.0 Å². The third kappa shape index (κ3) is 6.11. The Morgan fingerprint density at radius 1 is 1.10 bits per heavy atom. The number of hydrogen-bond donors (Lipinski definition) is 1. The van der Waals surface area contributed by atoms with Gasteiger partial charge in [0, 0.05) is 68.5 Å². The molecule has 2 aliphatic heterocycles. The number of fused-ring (bicyclic) bond motifs is 1. The topological polar surface area (TPSA) is 138 Å². The van der Waals surface area contributed by atoms with E-state index in [0.29, 0.717) is 50.7 Å². The molecule has 4 heterocycles. The Morgan fingerprint density at radius 2 is 1.95 bits per heavy atom. The number of nitrogens with zero attached hydrogens (tertiary/aromatic N) is 4. The zero-order valence-corrected chi connectivity index (χ0v) is 21.8. The van der Waals surface area contributed by atoms with Crippen LogP contribution in [-0.2, 0) is 16.1 Å². The summed E-state index contributed by atoms with van der Waals surface area (Å²) in [7, 11) is 0. The smallest absolute Gasteiger partial charge is 0.336 e. The highest BCUT2D eigenvalue weighted by molar-refractivity contribution is 5.81. The van der Waals surface area contributed by atoms with Crippen LogP contribution in [0.3, 0.4) is 0 Å². The first-order valence-corrected chi connectivity index (χ1v) is 13.0. The minimum atomic E-state index is -0.623. The van der Waals surface area contributed by atoms with E-state index in [2.05, 4.69) is 4.98 Å². The Bertz CT molecular complexity index is 1560. The number of rotatable bonds is 7. The van der Waals surface area contributed by atoms with Crippen LogP contribution in [-0.4, -0.2) is 88.0 Å². The molecular formula is C27H31N5O7. The maximum Gasteiger partial charge on any atom is 0.336 e. The zero-order chi connectivity index (χ0) is 27.5. The van der Waals surface area contributed by atoms with E-state index in [9.17, 15) is 24.0 Å². The first-order valence-electron chi connectivity index (χ1n) is 13.0. The fourth-order valence-electron chi connectivity index (χ4n) is 5.25. The summed E-state index contributed by atoms with van der Waals surface area (Å²) in [5.74, 6) is 0.387. The van der Waals surface area contributed by atoms with E-state index in [4.69, 9.17) is 9.15 Å². The molecular weight excluding hydrogens is 506 g/mol. The molecule has 1 N–H and O–H groups in total. The Morgan fingerprint density at radius 3 is 2.74 bits per heavy atom. The maximum absolute atomic E-state index is 13.0. The van der Waals surface area contributed by atoms with Crippen molar-refractivity contribution in [2.75, 3.05) is 45.9 Å². The number of carbonyl (C=O) groups is 2. The highest BCUT2D eigenvalue weighted by atomic mass is 16.5. The van der Waals surface area contributed by atoms with Crippen molar-refractivity contribution in [1.29, 1.82) is 0 Å². The number of H-pyrrole nitrogens is 1. The minimum Gasteiger partial charge on any atom is -0.492 e. The lowest BCUT2D eigenvalue weighted by Gasteiger charge is -2.43. The summed E-state index contributed by atoms with van der Waals surface area (Å²) in [4.78, 5) is 68.4. The van der Waals surface area contributed by atoms with Gasteiger partial charge in [0.15, 0.2) is 0 Å². The average molecular weight is 538 g/mol. The Balaban J connectivity index is 1.11. The predicted molar refractivity (Wildman–Crippen MR) is 142 cm³/mol. The lowest BCUT2D eigenvalue weighted by molar-refractivity contribution is -0.143. The van der Waals surface area contributed by atoms with Crippen molar-refractivity contribution in [3.05, 3.63) is 73.4 Å². The number of aromatic amines is 1. The second kappa shape index (κ2) is 11.3. The predicted octanol–water partition coefficient (Wildman–Crippen LogP) is 0.166. The average Bonchev–Trinajstić information content (AvgIpc) is 2.90. The molecule has 2 aliphatic rings. The lowest BCUT2D eigenvalue weighted by Crippen LogP contribution is -2.59. The monoisotopic (exact) mass is 537 g/mol. The van der Waals surface area contributed by atoms with E-state index in [1.165, 1.54) is 22.9 Å². The van der Waals surface area contributed by atoms with Gasteiger partial charge in [0.25, 0.3) is 5.56 Å². The summed E-state index contributed by atoms with van der Waals surface area (Å²) >= 11 is 0. The van der Waals surface area contributed by atoms with Gasteiger partial charge in [-0.05, 0) is 37.5 Å². The van der Waals surface area contributed by atoms with Crippen molar-refractivity contribution >= 4 is 22.8 Å². The van der Waals surface area contributed by atoms with Gasteiger partial charge in [-0.15, -0.1) is 0 Å². The number of hydrogen-bond acceptors (Lipinski definition) is 8. The molecule has 1 unspecified atom stereocenters. The van der Waals surface area contributed by atoms with Crippen LogP contribution in [0.5, 0.6) is 5.75 Å². The van der Waals surface area contributed by atoms with Gasteiger partial charge in [-0.1, -0.05) is 0 Å². The molecule has 3 aromatic rings. The van der Waals surface area contributed by atoms with Crippen molar-refractivity contribution in [1.82, 2.24) is 24.3 Å². The number of aromatic nitrogens is 2. The molecule has 12 heteroatoms. The van der Waals surface area contributed by atoms with E-state index in [1.54, 1.807) is 11.0 Å². The quantitative estimate of drug-likeness (QED) is 0.421. The first kappa shape index (κ1) is 26.4. The van der Waals surface area contributed by atoms with Gasteiger partial charge in [-0.2, -0.15) is 0 Å². The van der Waals surface area contributed by atoms with Gasteiger partial charge in [0.05, 0.1) is 6.54 Å². The van der Waals surface area contributed by atoms with Crippen molar-refractivity contribution < 1.29 is 18.7 Å². The van der Waals surface area contributed by atoms with E-state index in [0.717, 1.165) is 23.8 Å². The fraction of sp³-hybridized carbons (Fsp3) is 0.444. The van der Waals surface area contributed by atoms with Crippen molar-refractivity contribution in [3.8, 4) is 5.75 Å². The van der Waals surface area contributed by atoms with E-state index in [1.807, 2.05) is 28.9 Å². The molecule has 0 radical (unpaired) electrons. The van der Waals surface area contributed by atoms with Crippen molar-refractivity contribution in [2.24, 2.45) is 0 Å². The molecule has 1 aromatic carbocycles. The summed E-state index contributed by atoms with van der Waals surface area (Å²) in [6.07, 6.45) is 2.89. The molecule has 12 nitrogen and oxygen atoms in total. The van der Waals surface area contributed by atoms with Gasteiger partial charge in [0.1, 0.15) is 24.5 Å². The lowest BCUT2D eigenvalue weighted by atomic mass is 10.0. The van der Waals surface area contributed by atoms with Gasteiger partial charge in [-0.25, -0.2) is 9.59 Å². The van der Waals surface area contributed by atoms with Crippen LogP contribution in [0.2, 0.25) is 0 Å². The number of aryl methyl sites for hydroxylation is 1. The van der Waals surface area contributed by atoms with E-state index < -0.39 is 16.9 Å². The molecule has 0 bridgehead atoms. The van der Waals surface area contributed by atoms with E-state index >= 15 is 0 Å². The molecule has 5 rings (SSSR count). The largest absolute Gasteiger partial charge is 0.492 e. The normalized spacial score (nSPS) is 18.5. The summed E-state index contributed by atoms with van der Waals surface area (Å²) in [5, 5.41) is 0.858. The van der Waals surface area contributed by atoms with Crippen LogP contribution < -0.4 is 21.6 Å². The molecule has 0 spiro atoms. The van der Waals surface area contributed by atoms with Crippen LogP contribution in [0.1, 0.15) is 18.4 Å². The van der Waals surface area contributed by atoms with Gasteiger partial charge in [-0.3, -0.25) is 28.8 Å². The molecule has 2 saturated heterocycles. The Hall–Kier alpha value is -4.19. The number of likely N-dealkylation sites (tertiary alicyclic amines) is 1. The third-order valence-electron chi connectivity index (χ3n) is 7.33. The number of benzene rings is 1. The fourth-order valence-corrected chi connectivity index (χ4v) is 5.25. The molecule has 0 aliphatic carbocycles. The van der Waals surface area contributed by atoms with Gasteiger partial charge >= 0.3 is 11.3 Å². The highest BCUT2D eigenvalue weighted by Gasteiger charge is 2.33. The van der Waals surface area contributed by atoms with Gasteiger partial charge in [0.2, 0.25) is 11.8 Å². The number of nitrogens with one attached hydrogen (secondary N) is 1.